The first-order valence-corrected chi connectivity index (χ1v) is 6.18. The Bertz CT molecular complexity index is 435. The van der Waals surface area contributed by atoms with Crippen molar-refractivity contribution in [3.05, 3.63) is 34.6 Å². The minimum Gasteiger partial charge on any atom is -0.293 e. The molecular weight excluding hydrogens is 257 g/mol. The van der Waals surface area contributed by atoms with Crippen molar-refractivity contribution in [3.8, 4) is 0 Å². The molecule has 6 heteroatoms. The number of hydrogen-bond acceptors (Lipinski definition) is 3. The van der Waals surface area contributed by atoms with E-state index in [1.807, 2.05) is 4.90 Å². The third-order valence-corrected chi connectivity index (χ3v) is 3.59. The Morgan fingerprint density at radius 3 is 3.06 bits per heavy atom. The molecule has 0 radical (unpaired) electrons. The summed E-state index contributed by atoms with van der Waals surface area (Å²) < 4.78 is 13.7. The summed E-state index contributed by atoms with van der Waals surface area (Å²) in [6.07, 6.45) is 1.62. The SMILES string of the molecule is NNC(=O)[C@@H]1CCCN1Cc1c(F)cccc1Cl. The number of amides is 1. The summed E-state index contributed by atoms with van der Waals surface area (Å²) in [6.45, 7) is 1.06. The summed E-state index contributed by atoms with van der Waals surface area (Å²) in [4.78, 5) is 13.5. The smallest absolute Gasteiger partial charge is 0.251 e. The Morgan fingerprint density at radius 2 is 2.39 bits per heavy atom. The molecule has 1 aromatic rings. The van der Waals surface area contributed by atoms with E-state index >= 15 is 0 Å². The molecule has 18 heavy (non-hydrogen) atoms. The van der Waals surface area contributed by atoms with Crippen molar-refractivity contribution < 1.29 is 9.18 Å². The quantitative estimate of drug-likeness (QED) is 0.497. The Kier molecular flexibility index (Phi) is 4.16. The maximum absolute atomic E-state index is 13.7. The lowest BCUT2D eigenvalue weighted by molar-refractivity contribution is -0.125. The van der Waals surface area contributed by atoms with E-state index in [0.29, 0.717) is 17.1 Å². The van der Waals surface area contributed by atoms with Gasteiger partial charge in [-0.3, -0.25) is 15.1 Å². The van der Waals surface area contributed by atoms with Crippen LogP contribution < -0.4 is 11.3 Å². The van der Waals surface area contributed by atoms with Crippen LogP contribution in [0.4, 0.5) is 4.39 Å². The molecule has 0 saturated carbocycles. The number of carbonyl (C=O) groups excluding carboxylic acids is 1. The van der Waals surface area contributed by atoms with Gasteiger partial charge in [-0.15, -0.1) is 0 Å². The largest absolute Gasteiger partial charge is 0.293 e. The van der Waals surface area contributed by atoms with Crippen molar-refractivity contribution >= 4 is 17.5 Å². The molecule has 0 bridgehead atoms. The summed E-state index contributed by atoms with van der Waals surface area (Å²) >= 11 is 5.98. The van der Waals surface area contributed by atoms with E-state index < -0.39 is 0 Å². The normalized spacial score (nSPS) is 20.1. The van der Waals surface area contributed by atoms with Crippen LogP contribution in [0.5, 0.6) is 0 Å². The number of nitrogens with one attached hydrogen (secondary N) is 1. The van der Waals surface area contributed by atoms with E-state index in [2.05, 4.69) is 5.43 Å². The molecule has 2 rings (SSSR count). The van der Waals surface area contributed by atoms with Crippen LogP contribution in [0.3, 0.4) is 0 Å². The molecule has 1 saturated heterocycles. The second kappa shape index (κ2) is 5.65. The average molecular weight is 272 g/mol. The van der Waals surface area contributed by atoms with Crippen LogP contribution in [-0.2, 0) is 11.3 Å². The highest BCUT2D eigenvalue weighted by atomic mass is 35.5. The van der Waals surface area contributed by atoms with E-state index in [-0.39, 0.29) is 17.8 Å². The number of likely N-dealkylation sites (tertiary alicyclic amines) is 1. The van der Waals surface area contributed by atoms with Gasteiger partial charge >= 0.3 is 0 Å². The third-order valence-electron chi connectivity index (χ3n) is 3.23. The molecule has 1 aliphatic heterocycles. The van der Waals surface area contributed by atoms with Gasteiger partial charge in [0.1, 0.15) is 5.82 Å². The van der Waals surface area contributed by atoms with Crippen molar-refractivity contribution in [1.82, 2.24) is 10.3 Å². The van der Waals surface area contributed by atoms with Crippen LogP contribution in [0.1, 0.15) is 18.4 Å². The lowest BCUT2D eigenvalue weighted by Crippen LogP contribution is -2.45. The molecule has 1 aliphatic rings. The van der Waals surface area contributed by atoms with E-state index in [0.717, 1.165) is 19.4 Å². The first-order chi connectivity index (χ1) is 8.63. The summed E-state index contributed by atoms with van der Waals surface area (Å²) in [5, 5.41) is 0.383. The lowest BCUT2D eigenvalue weighted by Gasteiger charge is -2.23. The third kappa shape index (κ3) is 2.63. The van der Waals surface area contributed by atoms with Crippen molar-refractivity contribution in [3.63, 3.8) is 0 Å². The maximum atomic E-state index is 13.7. The van der Waals surface area contributed by atoms with Crippen molar-refractivity contribution in [2.45, 2.75) is 25.4 Å². The molecule has 1 aromatic carbocycles. The van der Waals surface area contributed by atoms with Gasteiger partial charge in [0.15, 0.2) is 0 Å². The van der Waals surface area contributed by atoms with Crippen LogP contribution in [0.2, 0.25) is 5.02 Å². The molecule has 0 spiro atoms. The predicted octanol–water partition coefficient (Wildman–Crippen LogP) is 1.43. The molecule has 98 valence electrons. The Balaban J connectivity index is 2.16. The van der Waals surface area contributed by atoms with Gasteiger partial charge in [-0.2, -0.15) is 0 Å². The van der Waals surface area contributed by atoms with E-state index in [1.165, 1.54) is 6.07 Å². The first-order valence-electron chi connectivity index (χ1n) is 5.81. The van der Waals surface area contributed by atoms with E-state index in [4.69, 9.17) is 17.4 Å². The van der Waals surface area contributed by atoms with E-state index in [1.54, 1.807) is 12.1 Å². The molecule has 0 aliphatic carbocycles. The summed E-state index contributed by atoms with van der Waals surface area (Å²) in [7, 11) is 0. The number of hydrogen-bond donors (Lipinski definition) is 2. The zero-order valence-electron chi connectivity index (χ0n) is 9.83. The second-order valence-electron chi connectivity index (χ2n) is 4.34. The van der Waals surface area contributed by atoms with Crippen molar-refractivity contribution in [2.24, 2.45) is 5.84 Å². The van der Waals surface area contributed by atoms with Crippen LogP contribution in [-0.4, -0.2) is 23.4 Å². The van der Waals surface area contributed by atoms with Crippen LogP contribution in [0.25, 0.3) is 0 Å². The van der Waals surface area contributed by atoms with Gasteiger partial charge < -0.3 is 0 Å². The standard InChI is InChI=1S/C12H15ClFN3O/c13-9-3-1-4-10(14)8(9)7-17-6-2-5-11(17)12(18)16-15/h1,3-4,11H,2,5-7,15H2,(H,16,18)/t11-/m0/s1. The Labute approximate surface area is 110 Å². The summed E-state index contributed by atoms with van der Waals surface area (Å²) in [5.74, 6) is 4.56. The fourth-order valence-corrected chi connectivity index (χ4v) is 2.52. The molecule has 1 atom stereocenters. The highest BCUT2D eigenvalue weighted by Crippen LogP contribution is 2.25. The number of halogens is 2. The summed E-state index contributed by atoms with van der Waals surface area (Å²) in [5.41, 5.74) is 2.57. The topological polar surface area (TPSA) is 58.4 Å². The molecule has 1 amide bonds. The van der Waals surface area contributed by atoms with Gasteiger partial charge in [-0.1, -0.05) is 17.7 Å². The molecule has 4 nitrogen and oxygen atoms in total. The summed E-state index contributed by atoms with van der Waals surface area (Å²) in [6, 6.07) is 4.28. The van der Waals surface area contributed by atoms with Gasteiger partial charge in [-0.25, -0.2) is 10.2 Å². The fraction of sp³-hybridized carbons (Fsp3) is 0.417. The van der Waals surface area contributed by atoms with Gasteiger partial charge in [0.2, 0.25) is 0 Å². The monoisotopic (exact) mass is 271 g/mol. The number of benzene rings is 1. The molecule has 0 aromatic heterocycles. The number of hydrazine groups is 1. The van der Waals surface area contributed by atoms with Gasteiger partial charge in [-0.05, 0) is 31.5 Å². The molecule has 1 heterocycles. The molecule has 1 fully saturated rings. The van der Waals surface area contributed by atoms with Crippen LogP contribution in [0.15, 0.2) is 18.2 Å². The van der Waals surface area contributed by atoms with Crippen molar-refractivity contribution in [1.29, 1.82) is 0 Å². The van der Waals surface area contributed by atoms with Gasteiger partial charge in [0.25, 0.3) is 5.91 Å². The number of rotatable bonds is 3. The van der Waals surface area contributed by atoms with Crippen LogP contribution >= 0.6 is 11.6 Å². The molecule has 3 N–H and O–H groups in total. The minimum atomic E-state index is -0.346. The van der Waals surface area contributed by atoms with Crippen molar-refractivity contribution in [2.75, 3.05) is 6.54 Å². The average Bonchev–Trinajstić information content (AvgIpc) is 2.81. The minimum absolute atomic E-state index is 0.236. The van der Waals surface area contributed by atoms with Gasteiger partial charge in [0.05, 0.1) is 6.04 Å². The van der Waals surface area contributed by atoms with Gasteiger partial charge in [0, 0.05) is 17.1 Å². The van der Waals surface area contributed by atoms with Crippen LogP contribution in [0, 0.1) is 5.82 Å². The maximum Gasteiger partial charge on any atom is 0.251 e. The Morgan fingerprint density at radius 1 is 1.61 bits per heavy atom. The molecule has 0 unspecified atom stereocenters. The number of carbonyl (C=O) groups is 1. The number of nitrogens with two attached hydrogens (primary N) is 1. The number of nitrogens with zero attached hydrogens (tertiary/aromatic N) is 1. The first kappa shape index (κ1) is 13.3. The van der Waals surface area contributed by atoms with E-state index in [9.17, 15) is 9.18 Å². The highest BCUT2D eigenvalue weighted by Gasteiger charge is 2.31. The highest BCUT2D eigenvalue weighted by molar-refractivity contribution is 6.31. The Hall–Kier alpha value is -1.17. The predicted molar refractivity (Wildman–Crippen MR) is 67.2 cm³/mol. The second-order valence-corrected chi connectivity index (χ2v) is 4.74. The zero-order chi connectivity index (χ0) is 13.1. The zero-order valence-corrected chi connectivity index (χ0v) is 10.6. The molecular formula is C12H15ClFN3O. The lowest BCUT2D eigenvalue weighted by atomic mass is 10.1. The fourth-order valence-electron chi connectivity index (χ4n) is 2.29.